The summed E-state index contributed by atoms with van der Waals surface area (Å²) in [5, 5.41) is 3.84. The van der Waals surface area contributed by atoms with Crippen molar-refractivity contribution in [1.82, 2.24) is 19.9 Å². The van der Waals surface area contributed by atoms with Crippen LogP contribution in [0.25, 0.3) is 0 Å². The minimum Gasteiger partial charge on any atom is -0.360 e. The molecule has 0 aromatic carbocycles. The van der Waals surface area contributed by atoms with Gasteiger partial charge in [-0.05, 0) is 5.41 Å². The van der Waals surface area contributed by atoms with Gasteiger partial charge >= 0.3 is 0 Å². The van der Waals surface area contributed by atoms with Gasteiger partial charge in [0.1, 0.15) is 5.60 Å². The molecule has 4 rings (SSSR count). The Hall–Kier alpha value is -2.22. The first-order chi connectivity index (χ1) is 12.6. The Morgan fingerprint density at radius 3 is 2.81 bits per heavy atom. The fourth-order valence-electron chi connectivity index (χ4n) is 4.52. The fraction of sp³-hybridized carbons (Fsp3) is 0.684. The monoisotopic (exact) mass is 374 g/mol. The highest BCUT2D eigenvalue weighted by Gasteiger charge is 2.67. The van der Waals surface area contributed by atoms with Gasteiger partial charge in [-0.15, -0.1) is 0 Å². The van der Waals surface area contributed by atoms with E-state index in [2.05, 4.69) is 30.9 Å². The van der Waals surface area contributed by atoms with E-state index in [0.29, 0.717) is 24.8 Å². The Morgan fingerprint density at radius 2 is 2.19 bits per heavy atom. The molecule has 0 N–H and O–H groups in total. The van der Waals surface area contributed by atoms with Crippen molar-refractivity contribution in [3.8, 4) is 0 Å². The lowest BCUT2D eigenvalue weighted by Gasteiger charge is -2.29. The molecule has 1 aromatic rings. The van der Waals surface area contributed by atoms with Gasteiger partial charge in [-0.3, -0.25) is 9.59 Å². The second-order valence-electron chi connectivity index (χ2n) is 9.08. The van der Waals surface area contributed by atoms with Gasteiger partial charge in [0.05, 0.1) is 31.0 Å². The third-order valence-corrected chi connectivity index (χ3v) is 5.45. The number of likely N-dealkylation sites (tertiary alicyclic amines) is 1. The molecule has 8 nitrogen and oxygen atoms in total. The maximum Gasteiger partial charge on any atom is 0.230 e. The minimum absolute atomic E-state index is 0.0129. The van der Waals surface area contributed by atoms with Crippen LogP contribution in [0.5, 0.6) is 0 Å². The molecule has 4 heterocycles. The van der Waals surface area contributed by atoms with Crippen LogP contribution in [-0.4, -0.2) is 63.6 Å². The summed E-state index contributed by atoms with van der Waals surface area (Å²) in [6.07, 6.45) is 3.56. The second-order valence-corrected chi connectivity index (χ2v) is 9.08. The van der Waals surface area contributed by atoms with Gasteiger partial charge in [-0.25, -0.2) is 0 Å². The first kappa shape index (κ1) is 18.2. The highest BCUT2D eigenvalue weighted by molar-refractivity contribution is 5.93. The Kier molecular flexibility index (Phi) is 3.96. The predicted molar refractivity (Wildman–Crippen MR) is 95.3 cm³/mol. The van der Waals surface area contributed by atoms with Gasteiger partial charge in [0, 0.05) is 20.5 Å². The largest absolute Gasteiger partial charge is 0.360 e. The summed E-state index contributed by atoms with van der Waals surface area (Å²) in [5.74, 6) is -0.171. The Balaban J connectivity index is 1.54. The van der Waals surface area contributed by atoms with Crippen LogP contribution in [-0.2, 0) is 20.9 Å². The van der Waals surface area contributed by atoms with E-state index in [-0.39, 0.29) is 29.9 Å². The third kappa shape index (κ3) is 2.96. The molecule has 2 fully saturated rings. The van der Waals surface area contributed by atoms with Crippen LogP contribution >= 0.6 is 0 Å². The van der Waals surface area contributed by atoms with Gasteiger partial charge in [-0.1, -0.05) is 38.1 Å². The molecule has 2 saturated heterocycles. The average Bonchev–Trinajstić information content (AvgIpc) is 3.28. The van der Waals surface area contributed by atoms with Gasteiger partial charge in [0.2, 0.25) is 17.7 Å². The van der Waals surface area contributed by atoms with Crippen molar-refractivity contribution in [3.05, 3.63) is 23.9 Å². The molecule has 1 spiro atoms. The van der Waals surface area contributed by atoms with E-state index in [0.717, 1.165) is 0 Å². The first-order valence-corrected chi connectivity index (χ1v) is 9.30. The molecule has 0 saturated carbocycles. The maximum absolute atomic E-state index is 13.2. The van der Waals surface area contributed by atoms with E-state index in [1.807, 2.05) is 17.1 Å². The summed E-state index contributed by atoms with van der Waals surface area (Å²) >= 11 is 0. The lowest BCUT2D eigenvalue weighted by molar-refractivity contribution is -0.143. The zero-order valence-corrected chi connectivity index (χ0v) is 16.4. The molecular formula is C19H26N4O4. The number of amides is 2. The molecule has 3 aliphatic heterocycles. The van der Waals surface area contributed by atoms with Crippen LogP contribution in [0, 0.1) is 24.2 Å². The van der Waals surface area contributed by atoms with E-state index in [4.69, 9.17) is 9.26 Å². The lowest BCUT2D eigenvalue weighted by Crippen LogP contribution is -2.45. The van der Waals surface area contributed by atoms with Crippen molar-refractivity contribution in [1.29, 1.82) is 0 Å². The highest BCUT2D eigenvalue weighted by Crippen LogP contribution is 2.52. The van der Waals surface area contributed by atoms with Crippen molar-refractivity contribution in [2.75, 3.05) is 20.1 Å². The molecule has 4 atom stereocenters. The quantitative estimate of drug-likeness (QED) is 0.735. The Morgan fingerprint density at radius 1 is 1.44 bits per heavy atom. The van der Waals surface area contributed by atoms with Crippen molar-refractivity contribution < 1.29 is 18.8 Å². The smallest absolute Gasteiger partial charge is 0.230 e. The lowest BCUT2D eigenvalue weighted by atomic mass is 9.76. The summed E-state index contributed by atoms with van der Waals surface area (Å²) in [7, 11) is 1.70. The van der Waals surface area contributed by atoms with Gasteiger partial charge in [0.15, 0.2) is 5.82 Å². The number of carbonyl (C=O) groups excluding carboxylic acids is 2. The number of fused-ring (bicyclic) bond motifs is 1. The van der Waals surface area contributed by atoms with Crippen LogP contribution in [0.2, 0.25) is 0 Å². The maximum atomic E-state index is 13.2. The van der Waals surface area contributed by atoms with E-state index in [1.165, 1.54) is 0 Å². The van der Waals surface area contributed by atoms with E-state index in [1.54, 1.807) is 18.9 Å². The zero-order chi connectivity index (χ0) is 19.6. The summed E-state index contributed by atoms with van der Waals surface area (Å²) in [5.41, 5.74) is -0.684. The second kappa shape index (κ2) is 5.89. The van der Waals surface area contributed by atoms with Gasteiger partial charge in [0.25, 0.3) is 0 Å². The molecule has 0 aliphatic carbocycles. The standard InChI is InChI=1S/C19H26N4O4/c1-11-20-13(21-27-11)8-22(5)16(24)14-12-6-7-19(26-12)10-23(9-18(2,3)4)17(25)15(14)19/h6-7,12,14-15H,8-10H2,1-5H3/t12-,14-,15-,19-/m0/s1. The van der Waals surface area contributed by atoms with Crippen molar-refractivity contribution >= 4 is 11.8 Å². The summed E-state index contributed by atoms with van der Waals surface area (Å²) in [4.78, 5) is 33.9. The predicted octanol–water partition coefficient (Wildman–Crippen LogP) is 1.16. The average molecular weight is 374 g/mol. The minimum atomic E-state index is -0.670. The number of ether oxygens (including phenoxy) is 1. The summed E-state index contributed by atoms with van der Waals surface area (Å²) in [6.45, 7) is 9.40. The summed E-state index contributed by atoms with van der Waals surface area (Å²) in [6, 6.07) is 0. The van der Waals surface area contributed by atoms with E-state index >= 15 is 0 Å². The zero-order valence-electron chi connectivity index (χ0n) is 16.4. The number of aryl methyl sites for hydroxylation is 1. The number of hydrogen-bond acceptors (Lipinski definition) is 6. The SMILES string of the molecule is Cc1nc(CN(C)C(=O)[C@H]2[C@@H]3C=C[C@@]4(CN(CC(C)(C)C)C(=O)[C@H]24)O3)no1. The Bertz CT molecular complexity index is 811. The third-order valence-electron chi connectivity index (χ3n) is 5.45. The molecule has 8 heteroatoms. The van der Waals surface area contributed by atoms with Crippen LogP contribution in [0.4, 0.5) is 0 Å². The number of hydrogen-bond donors (Lipinski definition) is 0. The topological polar surface area (TPSA) is 88.8 Å². The van der Waals surface area contributed by atoms with Crippen molar-refractivity contribution in [2.24, 2.45) is 17.3 Å². The Labute approximate surface area is 158 Å². The normalized spacial score (nSPS) is 31.7. The molecule has 2 amide bonds. The van der Waals surface area contributed by atoms with Gasteiger partial charge < -0.3 is 19.1 Å². The molecule has 146 valence electrons. The molecule has 2 bridgehead atoms. The van der Waals surface area contributed by atoms with Crippen LogP contribution in [0.1, 0.15) is 32.5 Å². The molecule has 27 heavy (non-hydrogen) atoms. The number of aromatic nitrogens is 2. The summed E-state index contributed by atoms with van der Waals surface area (Å²) < 4.78 is 11.1. The molecular weight excluding hydrogens is 348 g/mol. The van der Waals surface area contributed by atoms with Crippen LogP contribution in [0.3, 0.4) is 0 Å². The number of carbonyl (C=O) groups is 2. The fourth-order valence-corrected chi connectivity index (χ4v) is 4.52. The van der Waals surface area contributed by atoms with Crippen molar-refractivity contribution in [2.45, 2.75) is 45.9 Å². The first-order valence-electron chi connectivity index (χ1n) is 9.30. The molecule has 1 aromatic heterocycles. The van der Waals surface area contributed by atoms with Crippen molar-refractivity contribution in [3.63, 3.8) is 0 Å². The van der Waals surface area contributed by atoms with E-state index in [9.17, 15) is 9.59 Å². The van der Waals surface area contributed by atoms with Crippen LogP contribution in [0.15, 0.2) is 16.7 Å². The number of nitrogens with zero attached hydrogens (tertiary/aromatic N) is 4. The highest BCUT2D eigenvalue weighted by atomic mass is 16.5. The van der Waals surface area contributed by atoms with Crippen LogP contribution < -0.4 is 0 Å². The number of rotatable bonds is 4. The van der Waals surface area contributed by atoms with Gasteiger partial charge in [-0.2, -0.15) is 4.98 Å². The molecule has 0 unspecified atom stereocenters. The molecule has 3 aliphatic rings. The van der Waals surface area contributed by atoms with E-state index < -0.39 is 17.4 Å². The molecule has 0 radical (unpaired) electrons.